The summed E-state index contributed by atoms with van der Waals surface area (Å²) in [4.78, 5) is 17.6. The highest BCUT2D eigenvalue weighted by molar-refractivity contribution is 5.76. The van der Waals surface area contributed by atoms with Gasteiger partial charge in [0.15, 0.2) is 0 Å². The summed E-state index contributed by atoms with van der Waals surface area (Å²) in [6, 6.07) is 11.6. The van der Waals surface area contributed by atoms with Gasteiger partial charge in [0, 0.05) is 7.05 Å². The third-order valence-electron chi connectivity index (χ3n) is 3.19. The molecule has 1 aromatic carbocycles. The van der Waals surface area contributed by atoms with Gasteiger partial charge >= 0.3 is 0 Å². The molecular formula is C14H15N5O. The zero-order valence-electron chi connectivity index (χ0n) is 11.4. The van der Waals surface area contributed by atoms with Gasteiger partial charge in [-0.1, -0.05) is 30.3 Å². The molecule has 0 aliphatic heterocycles. The van der Waals surface area contributed by atoms with Crippen molar-refractivity contribution in [3.63, 3.8) is 0 Å². The summed E-state index contributed by atoms with van der Waals surface area (Å²) in [7, 11) is 1.75. The zero-order valence-corrected chi connectivity index (χ0v) is 11.4. The Labute approximate surface area is 117 Å². The first-order valence-corrected chi connectivity index (χ1v) is 6.22. The summed E-state index contributed by atoms with van der Waals surface area (Å²) < 4.78 is 1.37. The molecule has 20 heavy (non-hydrogen) atoms. The molecule has 1 amide bonds. The molecule has 102 valence electrons. The molecule has 0 aliphatic rings. The van der Waals surface area contributed by atoms with Crippen LogP contribution in [0, 0.1) is 11.3 Å². The van der Waals surface area contributed by atoms with E-state index in [-0.39, 0.29) is 24.3 Å². The number of carbonyl (C=O) groups is 1. The second-order valence-corrected chi connectivity index (χ2v) is 4.47. The average molecular weight is 269 g/mol. The molecule has 2 aromatic rings. The van der Waals surface area contributed by atoms with E-state index >= 15 is 0 Å². The number of nitrogens with zero attached hydrogens (tertiary/aromatic N) is 5. The number of nitriles is 1. The van der Waals surface area contributed by atoms with Gasteiger partial charge < -0.3 is 4.90 Å². The van der Waals surface area contributed by atoms with Crippen molar-refractivity contribution in [1.29, 1.82) is 5.26 Å². The Hall–Kier alpha value is -2.68. The lowest BCUT2D eigenvalue weighted by Crippen LogP contribution is -2.32. The second kappa shape index (κ2) is 5.97. The molecule has 1 heterocycles. The zero-order chi connectivity index (χ0) is 14.5. The van der Waals surface area contributed by atoms with Crippen molar-refractivity contribution in [3.8, 4) is 6.07 Å². The summed E-state index contributed by atoms with van der Waals surface area (Å²) in [6.45, 7) is 2.04. The molecule has 2 rings (SSSR count). The van der Waals surface area contributed by atoms with Crippen LogP contribution < -0.4 is 0 Å². The number of amides is 1. The summed E-state index contributed by atoms with van der Waals surface area (Å²) in [5.41, 5.74) is 1.07. The molecule has 0 saturated carbocycles. The van der Waals surface area contributed by atoms with Crippen LogP contribution >= 0.6 is 0 Å². The molecule has 0 N–H and O–H groups in total. The lowest BCUT2D eigenvalue weighted by atomic mass is 10.1. The van der Waals surface area contributed by atoms with Crippen molar-refractivity contribution in [2.45, 2.75) is 19.5 Å². The number of hydrogen-bond donors (Lipinski definition) is 0. The molecule has 1 aromatic heterocycles. The standard InChI is InChI=1S/C14H15N5O/c1-11(12-6-4-3-5-7-12)18(2)14(20)9-19-10-16-13(8-15)17-19/h3-7,10-11H,9H2,1-2H3/t11-/m1/s1. The highest BCUT2D eigenvalue weighted by atomic mass is 16.2. The molecule has 0 spiro atoms. The fourth-order valence-corrected chi connectivity index (χ4v) is 1.84. The van der Waals surface area contributed by atoms with E-state index in [1.807, 2.05) is 43.3 Å². The number of carbonyl (C=O) groups excluding carboxylic acids is 1. The maximum Gasteiger partial charge on any atom is 0.252 e. The fraction of sp³-hybridized carbons (Fsp3) is 0.286. The van der Waals surface area contributed by atoms with Gasteiger partial charge in [-0.3, -0.25) is 4.79 Å². The summed E-state index contributed by atoms with van der Waals surface area (Å²) >= 11 is 0. The first-order valence-electron chi connectivity index (χ1n) is 6.22. The van der Waals surface area contributed by atoms with Gasteiger partial charge in [0.1, 0.15) is 18.9 Å². The second-order valence-electron chi connectivity index (χ2n) is 4.47. The average Bonchev–Trinajstić information content (AvgIpc) is 2.94. The Morgan fingerprint density at radius 1 is 1.45 bits per heavy atom. The summed E-state index contributed by atoms with van der Waals surface area (Å²) in [6.07, 6.45) is 1.39. The smallest absolute Gasteiger partial charge is 0.252 e. The lowest BCUT2D eigenvalue weighted by molar-refractivity contribution is -0.132. The van der Waals surface area contributed by atoms with Crippen LogP contribution in [-0.2, 0) is 11.3 Å². The topological polar surface area (TPSA) is 74.8 Å². The maximum atomic E-state index is 12.2. The third-order valence-corrected chi connectivity index (χ3v) is 3.19. The molecule has 6 nitrogen and oxygen atoms in total. The minimum atomic E-state index is -0.0873. The van der Waals surface area contributed by atoms with Crippen molar-refractivity contribution in [1.82, 2.24) is 19.7 Å². The van der Waals surface area contributed by atoms with Crippen molar-refractivity contribution < 1.29 is 4.79 Å². The monoisotopic (exact) mass is 269 g/mol. The molecule has 1 atom stereocenters. The summed E-state index contributed by atoms with van der Waals surface area (Å²) in [5, 5.41) is 12.5. The molecule has 0 unspecified atom stereocenters. The van der Waals surface area contributed by atoms with Crippen LogP contribution in [-0.4, -0.2) is 32.6 Å². The molecule has 6 heteroatoms. The van der Waals surface area contributed by atoms with Crippen molar-refractivity contribution in [3.05, 3.63) is 48.0 Å². The lowest BCUT2D eigenvalue weighted by Gasteiger charge is -2.25. The van der Waals surface area contributed by atoms with E-state index in [2.05, 4.69) is 10.1 Å². The molecule has 0 radical (unpaired) electrons. The predicted octanol–water partition coefficient (Wildman–Crippen LogP) is 1.37. The minimum Gasteiger partial charge on any atom is -0.337 e. The Kier molecular flexibility index (Phi) is 4.11. The van der Waals surface area contributed by atoms with E-state index in [0.29, 0.717) is 0 Å². The quantitative estimate of drug-likeness (QED) is 0.840. The van der Waals surface area contributed by atoms with Gasteiger partial charge in [0.2, 0.25) is 5.91 Å². The Bertz CT molecular complexity index is 629. The van der Waals surface area contributed by atoms with E-state index < -0.39 is 0 Å². The van der Waals surface area contributed by atoms with Crippen molar-refractivity contribution >= 4 is 5.91 Å². The predicted molar refractivity (Wildman–Crippen MR) is 72.4 cm³/mol. The fourth-order valence-electron chi connectivity index (χ4n) is 1.84. The maximum absolute atomic E-state index is 12.2. The van der Waals surface area contributed by atoms with Crippen LogP contribution in [0.4, 0.5) is 0 Å². The highest BCUT2D eigenvalue weighted by Crippen LogP contribution is 2.18. The largest absolute Gasteiger partial charge is 0.337 e. The number of rotatable bonds is 4. The van der Waals surface area contributed by atoms with Gasteiger partial charge in [-0.25, -0.2) is 9.67 Å². The Balaban J connectivity index is 2.03. The molecular weight excluding hydrogens is 254 g/mol. The third kappa shape index (κ3) is 3.01. The first-order chi connectivity index (χ1) is 9.61. The minimum absolute atomic E-state index is 0.0253. The van der Waals surface area contributed by atoms with E-state index in [4.69, 9.17) is 5.26 Å². The number of likely N-dealkylation sites (N-methyl/N-ethyl adjacent to an activating group) is 1. The van der Waals surface area contributed by atoms with Crippen LogP contribution in [0.3, 0.4) is 0 Å². The van der Waals surface area contributed by atoms with Crippen molar-refractivity contribution in [2.24, 2.45) is 0 Å². The highest BCUT2D eigenvalue weighted by Gasteiger charge is 2.17. The molecule has 0 fully saturated rings. The van der Waals surface area contributed by atoms with Crippen molar-refractivity contribution in [2.75, 3.05) is 7.05 Å². The molecule has 0 aliphatic carbocycles. The SMILES string of the molecule is C[C@H](c1ccccc1)N(C)C(=O)Cn1cnc(C#N)n1. The summed E-state index contributed by atoms with van der Waals surface area (Å²) in [5.74, 6) is -0.0210. The number of aromatic nitrogens is 3. The number of benzene rings is 1. The first kappa shape index (κ1) is 13.7. The molecule has 0 saturated heterocycles. The van der Waals surface area contributed by atoms with Gasteiger partial charge in [-0.2, -0.15) is 5.26 Å². The van der Waals surface area contributed by atoms with Gasteiger partial charge in [-0.15, -0.1) is 5.10 Å². The normalized spacial score (nSPS) is 11.7. The van der Waals surface area contributed by atoms with E-state index in [1.165, 1.54) is 11.0 Å². The van der Waals surface area contributed by atoms with E-state index in [1.54, 1.807) is 11.9 Å². The van der Waals surface area contributed by atoms with Crippen LogP contribution in [0.2, 0.25) is 0 Å². The number of hydrogen-bond acceptors (Lipinski definition) is 4. The Morgan fingerprint density at radius 2 is 2.15 bits per heavy atom. The van der Waals surface area contributed by atoms with Crippen LogP contribution in [0.1, 0.15) is 24.4 Å². The van der Waals surface area contributed by atoms with Crippen LogP contribution in [0.15, 0.2) is 36.7 Å². The van der Waals surface area contributed by atoms with Gasteiger partial charge in [0.05, 0.1) is 6.04 Å². The van der Waals surface area contributed by atoms with E-state index in [0.717, 1.165) is 5.56 Å². The van der Waals surface area contributed by atoms with Gasteiger partial charge in [0.25, 0.3) is 5.82 Å². The Morgan fingerprint density at radius 3 is 2.75 bits per heavy atom. The van der Waals surface area contributed by atoms with Gasteiger partial charge in [-0.05, 0) is 12.5 Å². The molecule has 0 bridgehead atoms. The van der Waals surface area contributed by atoms with Crippen LogP contribution in [0.25, 0.3) is 0 Å². The van der Waals surface area contributed by atoms with Crippen LogP contribution in [0.5, 0.6) is 0 Å². The van der Waals surface area contributed by atoms with E-state index in [9.17, 15) is 4.79 Å².